The van der Waals surface area contributed by atoms with Crippen molar-refractivity contribution in [3.8, 4) is 0 Å². The minimum atomic E-state index is 0.236. The van der Waals surface area contributed by atoms with Crippen LogP contribution >= 0.6 is 0 Å². The molecule has 106 valence electrons. The molecule has 1 saturated heterocycles. The van der Waals surface area contributed by atoms with E-state index in [4.69, 9.17) is 9.47 Å². The molecule has 2 atom stereocenters. The molecule has 1 aliphatic rings. The van der Waals surface area contributed by atoms with Crippen molar-refractivity contribution >= 4 is 0 Å². The molecule has 0 amide bonds. The summed E-state index contributed by atoms with van der Waals surface area (Å²) in [4.78, 5) is 0. The van der Waals surface area contributed by atoms with Crippen molar-refractivity contribution in [2.24, 2.45) is 0 Å². The number of ether oxygens (including phenoxy) is 2. The summed E-state index contributed by atoms with van der Waals surface area (Å²) in [7, 11) is 1.72. The quantitative estimate of drug-likeness (QED) is 0.855. The molecule has 0 aliphatic carbocycles. The lowest BCUT2D eigenvalue weighted by molar-refractivity contribution is 0.000334. The van der Waals surface area contributed by atoms with E-state index in [0.717, 1.165) is 26.0 Å². The lowest BCUT2D eigenvalue weighted by Crippen LogP contribution is -2.36. The zero-order valence-electron chi connectivity index (χ0n) is 12.0. The smallest absolute Gasteiger partial charge is 0.0839 e. The first-order valence-electron chi connectivity index (χ1n) is 7.26. The second-order valence-electron chi connectivity index (χ2n) is 5.21. The van der Waals surface area contributed by atoms with E-state index < -0.39 is 0 Å². The lowest BCUT2D eigenvalue weighted by atomic mass is 9.96. The van der Waals surface area contributed by atoms with Crippen LogP contribution < -0.4 is 5.32 Å². The third-order valence-electron chi connectivity index (χ3n) is 3.63. The maximum absolute atomic E-state index is 5.90. The molecule has 1 heterocycles. The van der Waals surface area contributed by atoms with Crippen LogP contribution in [0.3, 0.4) is 0 Å². The Balaban J connectivity index is 1.92. The Morgan fingerprint density at radius 2 is 2.11 bits per heavy atom. The second-order valence-corrected chi connectivity index (χ2v) is 5.21. The zero-order valence-corrected chi connectivity index (χ0v) is 12.0. The monoisotopic (exact) mass is 263 g/mol. The Hall–Kier alpha value is -0.900. The van der Waals surface area contributed by atoms with Gasteiger partial charge in [-0.15, -0.1) is 0 Å². The van der Waals surface area contributed by atoms with Gasteiger partial charge in [-0.25, -0.2) is 0 Å². The van der Waals surface area contributed by atoms with Gasteiger partial charge in [0, 0.05) is 19.8 Å². The average molecular weight is 263 g/mol. The van der Waals surface area contributed by atoms with E-state index >= 15 is 0 Å². The Kier molecular flexibility index (Phi) is 5.83. The van der Waals surface area contributed by atoms with Crippen molar-refractivity contribution in [2.45, 2.75) is 44.9 Å². The minimum Gasteiger partial charge on any atom is -0.380 e. The molecule has 2 unspecified atom stereocenters. The van der Waals surface area contributed by atoms with Gasteiger partial charge in [-0.3, -0.25) is 0 Å². The molecule has 0 aromatic heterocycles. The average Bonchev–Trinajstić information content (AvgIpc) is 2.46. The summed E-state index contributed by atoms with van der Waals surface area (Å²) >= 11 is 0. The summed E-state index contributed by atoms with van der Waals surface area (Å²) in [6.45, 7) is 4.83. The van der Waals surface area contributed by atoms with E-state index in [-0.39, 0.29) is 6.10 Å². The van der Waals surface area contributed by atoms with E-state index in [1.54, 1.807) is 7.11 Å². The van der Waals surface area contributed by atoms with Gasteiger partial charge in [0.05, 0.1) is 12.7 Å². The van der Waals surface area contributed by atoms with Crippen molar-refractivity contribution in [2.75, 3.05) is 20.3 Å². The SMILES string of the molecule is CCCNC1CCOC(c2ccc(COC)cc2)C1. The Morgan fingerprint density at radius 3 is 2.79 bits per heavy atom. The van der Waals surface area contributed by atoms with E-state index in [0.29, 0.717) is 12.6 Å². The number of methoxy groups -OCH3 is 1. The summed E-state index contributed by atoms with van der Waals surface area (Å²) in [5.41, 5.74) is 2.49. The molecule has 19 heavy (non-hydrogen) atoms. The van der Waals surface area contributed by atoms with Gasteiger partial charge in [0.25, 0.3) is 0 Å². The van der Waals surface area contributed by atoms with Gasteiger partial charge in [-0.1, -0.05) is 31.2 Å². The number of nitrogens with one attached hydrogen (secondary N) is 1. The van der Waals surface area contributed by atoms with Crippen LogP contribution in [0.15, 0.2) is 24.3 Å². The van der Waals surface area contributed by atoms with Gasteiger partial charge in [-0.2, -0.15) is 0 Å². The van der Waals surface area contributed by atoms with Crippen molar-refractivity contribution in [1.29, 1.82) is 0 Å². The topological polar surface area (TPSA) is 30.5 Å². The molecule has 1 N–H and O–H groups in total. The summed E-state index contributed by atoms with van der Waals surface area (Å²) < 4.78 is 11.0. The molecule has 0 spiro atoms. The van der Waals surface area contributed by atoms with Gasteiger partial charge < -0.3 is 14.8 Å². The predicted molar refractivity (Wildman–Crippen MR) is 77.2 cm³/mol. The second kappa shape index (κ2) is 7.63. The van der Waals surface area contributed by atoms with Crippen LogP contribution in [0, 0.1) is 0 Å². The summed E-state index contributed by atoms with van der Waals surface area (Å²) in [5.74, 6) is 0. The van der Waals surface area contributed by atoms with Crippen molar-refractivity contribution < 1.29 is 9.47 Å². The maximum Gasteiger partial charge on any atom is 0.0839 e. The molecule has 1 aromatic carbocycles. The molecule has 1 aliphatic heterocycles. The van der Waals surface area contributed by atoms with Crippen LogP contribution in [0.1, 0.15) is 43.4 Å². The normalized spacial score (nSPS) is 23.5. The number of benzene rings is 1. The first-order valence-corrected chi connectivity index (χ1v) is 7.26. The Labute approximate surface area is 116 Å². The largest absolute Gasteiger partial charge is 0.380 e. The van der Waals surface area contributed by atoms with Gasteiger partial charge >= 0.3 is 0 Å². The molecule has 0 saturated carbocycles. The number of hydrogen-bond acceptors (Lipinski definition) is 3. The highest BCUT2D eigenvalue weighted by Crippen LogP contribution is 2.28. The molecule has 0 radical (unpaired) electrons. The molecular weight excluding hydrogens is 238 g/mol. The summed E-state index contributed by atoms with van der Waals surface area (Å²) in [6, 6.07) is 9.19. The Bertz CT molecular complexity index is 364. The van der Waals surface area contributed by atoms with Crippen LogP contribution in [-0.4, -0.2) is 26.3 Å². The molecule has 0 bridgehead atoms. The van der Waals surface area contributed by atoms with Gasteiger partial charge in [0.1, 0.15) is 0 Å². The van der Waals surface area contributed by atoms with Gasteiger partial charge in [0.2, 0.25) is 0 Å². The van der Waals surface area contributed by atoms with Crippen molar-refractivity contribution in [3.63, 3.8) is 0 Å². The fourth-order valence-corrected chi connectivity index (χ4v) is 2.56. The fourth-order valence-electron chi connectivity index (χ4n) is 2.56. The molecular formula is C16H25NO2. The minimum absolute atomic E-state index is 0.236. The standard InChI is InChI=1S/C16H25NO2/c1-3-9-17-15-8-10-19-16(11-15)14-6-4-13(5-7-14)12-18-2/h4-7,15-17H,3,8-12H2,1-2H3. The summed E-state index contributed by atoms with van der Waals surface area (Å²) in [6.07, 6.45) is 3.62. The highest BCUT2D eigenvalue weighted by Gasteiger charge is 2.23. The molecule has 2 rings (SSSR count). The van der Waals surface area contributed by atoms with Crippen LogP contribution in [-0.2, 0) is 16.1 Å². The van der Waals surface area contributed by atoms with Gasteiger partial charge in [-0.05, 0) is 36.9 Å². The Morgan fingerprint density at radius 1 is 1.32 bits per heavy atom. The van der Waals surface area contributed by atoms with E-state index in [1.807, 2.05) is 0 Å². The third kappa shape index (κ3) is 4.30. The lowest BCUT2D eigenvalue weighted by Gasteiger charge is -2.30. The molecule has 1 aromatic rings. The van der Waals surface area contributed by atoms with E-state index in [2.05, 4.69) is 36.5 Å². The van der Waals surface area contributed by atoms with Crippen molar-refractivity contribution in [1.82, 2.24) is 5.32 Å². The predicted octanol–water partition coefficient (Wildman–Crippen LogP) is 3.05. The number of rotatable bonds is 6. The van der Waals surface area contributed by atoms with E-state index in [1.165, 1.54) is 17.5 Å². The molecule has 1 fully saturated rings. The van der Waals surface area contributed by atoms with Crippen molar-refractivity contribution in [3.05, 3.63) is 35.4 Å². The first kappa shape index (κ1) is 14.5. The summed E-state index contributed by atoms with van der Waals surface area (Å²) in [5, 5.41) is 3.60. The maximum atomic E-state index is 5.90. The van der Waals surface area contributed by atoms with E-state index in [9.17, 15) is 0 Å². The van der Waals surface area contributed by atoms with Crippen LogP contribution in [0.5, 0.6) is 0 Å². The van der Waals surface area contributed by atoms with Crippen LogP contribution in [0.25, 0.3) is 0 Å². The highest BCUT2D eigenvalue weighted by atomic mass is 16.5. The molecule has 3 heteroatoms. The molecule has 3 nitrogen and oxygen atoms in total. The van der Waals surface area contributed by atoms with Crippen LogP contribution in [0.4, 0.5) is 0 Å². The third-order valence-corrected chi connectivity index (χ3v) is 3.63. The zero-order chi connectivity index (χ0) is 13.5. The first-order chi connectivity index (χ1) is 9.33. The van der Waals surface area contributed by atoms with Gasteiger partial charge in [0.15, 0.2) is 0 Å². The fraction of sp³-hybridized carbons (Fsp3) is 0.625. The number of hydrogen-bond donors (Lipinski definition) is 1. The van der Waals surface area contributed by atoms with Crippen LogP contribution in [0.2, 0.25) is 0 Å². The highest BCUT2D eigenvalue weighted by molar-refractivity contribution is 5.24.